The van der Waals surface area contributed by atoms with E-state index in [9.17, 15) is 14.9 Å². The van der Waals surface area contributed by atoms with Crippen LogP contribution < -0.4 is 4.74 Å². The highest BCUT2D eigenvalue weighted by Crippen LogP contribution is 2.20. The summed E-state index contributed by atoms with van der Waals surface area (Å²) in [5.74, 6) is -1.09. The number of nitro groups is 1. The van der Waals surface area contributed by atoms with E-state index in [4.69, 9.17) is 9.15 Å². The van der Waals surface area contributed by atoms with E-state index in [1.165, 1.54) is 6.07 Å². The second-order valence-electron chi connectivity index (χ2n) is 4.11. The fraction of sp³-hybridized carbons (Fsp3) is 0.154. The Hall–Kier alpha value is -2.63. The van der Waals surface area contributed by atoms with E-state index in [1.54, 1.807) is 12.1 Å². The standard InChI is InChI=1S/C13H11NO5/c1-8-5-9(2)7-10(6-8)18-13(15)11-3-4-12(19-11)14(16)17/h3-7H,1-2H3. The number of esters is 1. The lowest BCUT2D eigenvalue weighted by Gasteiger charge is -2.04. The summed E-state index contributed by atoms with van der Waals surface area (Å²) in [5.41, 5.74) is 1.90. The molecule has 0 amide bonds. The minimum Gasteiger partial charge on any atom is -0.421 e. The first kappa shape index (κ1) is 12.8. The number of carbonyl (C=O) groups is 1. The Morgan fingerprint density at radius 1 is 1.21 bits per heavy atom. The third kappa shape index (κ3) is 2.98. The van der Waals surface area contributed by atoms with Crippen LogP contribution in [0.15, 0.2) is 34.7 Å². The number of rotatable bonds is 3. The minimum atomic E-state index is -0.766. The van der Waals surface area contributed by atoms with Gasteiger partial charge in [0.05, 0.1) is 6.07 Å². The van der Waals surface area contributed by atoms with Crippen LogP contribution in [0.25, 0.3) is 0 Å². The molecule has 0 saturated heterocycles. The maximum Gasteiger partial charge on any atom is 0.433 e. The molecule has 0 spiro atoms. The molecular weight excluding hydrogens is 250 g/mol. The van der Waals surface area contributed by atoms with Gasteiger partial charge in [0.25, 0.3) is 0 Å². The van der Waals surface area contributed by atoms with Crippen LogP contribution in [0.5, 0.6) is 5.75 Å². The van der Waals surface area contributed by atoms with E-state index < -0.39 is 16.8 Å². The number of ether oxygens (including phenoxy) is 1. The van der Waals surface area contributed by atoms with Crippen molar-refractivity contribution in [3.8, 4) is 5.75 Å². The summed E-state index contributed by atoms with van der Waals surface area (Å²) >= 11 is 0. The summed E-state index contributed by atoms with van der Waals surface area (Å²) in [7, 11) is 0. The molecule has 1 heterocycles. The molecule has 0 N–H and O–H groups in total. The zero-order chi connectivity index (χ0) is 14.0. The first-order valence-corrected chi connectivity index (χ1v) is 5.50. The zero-order valence-electron chi connectivity index (χ0n) is 10.4. The van der Waals surface area contributed by atoms with Crippen molar-refractivity contribution in [2.45, 2.75) is 13.8 Å². The van der Waals surface area contributed by atoms with Crippen LogP contribution in [0, 0.1) is 24.0 Å². The Morgan fingerprint density at radius 3 is 2.37 bits per heavy atom. The van der Waals surface area contributed by atoms with Gasteiger partial charge in [0, 0.05) is 0 Å². The molecule has 1 aromatic heterocycles. The lowest BCUT2D eigenvalue weighted by Crippen LogP contribution is -2.07. The van der Waals surface area contributed by atoms with Crippen LogP contribution in [0.3, 0.4) is 0 Å². The highest BCUT2D eigenvalue weighted by molar-refractivity contribution is 5.88. The normalized spacial score (nSPS) is 10.2. The van der Waals surface area contributed by atoms with Gasteiger partial charge in [-0.15, -0.1) is 0 Å². The molecule has 19 heavy (non-hydrogen) atoms. The summed E-state index contributed by atoms with van der Waals surface area (Å²) in [5, 5.41) is 10.4. The number of benzene rings is 1. The molecule has 0 radical (unpaired) electrons. The number of aryl methyl sites for hydroxylation is 2. The summed E-state index contributed by atoms with van der Waals surface area (Å²) in [6, 6.07) is 7.65. The topological polar surface area (TPSA) is 82.6 Å². The number of nitrogens with zero attached hydrogens (tertiary/aromatic N) is 1. The second-order valence-corrected chi connectivity index (χ2v) is 4.11. The van der Waals surface area contributed by atoms with Crippen LogP contribution in [0.1, 0.15) is 21.7 Å². The fourth-order valence-electron chi connectivity index (χ4n) is 1.68. The highest BCUT2D eigenvalue weighted by atomic mass is 16.7. The molecule has 0 unspecified atom stereocenters. The van der Waals surface area contributed by atoms with Crippen molar-refractivity contribution in [2.75, 3.05) is 0 Å². The minimum absolute atomic E-state index is 0.203. The molecule has 0 fully saturated rings. The van der Waals surface area contributed by atoms with Gasteiger partial charge in [-0.05, 0) is 43.2 Å². The number of hydrogen-bond donors (Lipinski definition) is 0. The van der Waals surface area contributed by atoms with Crippen LogP contribution in [-0.2, 0) is 0 Å². The van der Waals surface area contributed by atoms with E-state index >= 15 is 0 Å². The van der Waals surface area contributed by atoms with Gasteiger partial charge in [0.2, 0.25) is 5.76 Å². The number of furan rings is 1. The smallest absolute Gasteiger partial charge is 0.421 e. The van der Waals surface area contributed by atoms with Crippen molar-refractivity contribution in [1.29, 1.82) is 0 Å². The summed E-state index contributed by atoms with van der Waals surface area (Å²) in [6.45, 7) is 3.75. The van der Waals surface area contributed by atoms with Crippen LogP contribution in [0.2, 0.25) is 0 Å². The Bertz CT molecular complexity index is 624. The first-order valence-electron chi connectivity index (χ1n) is 5.50. The van der Waals surface area contributed by atoms with E-state index in [-0.39, 0.29) is 5.76 Å². The van der Waals surface area contributed by atoms with E-state index in [1.807, 2.05) is 19.9 Å². The Morgan fingerprint density at radius 2 is 1.84 bits per heavy atom. The van der Waals surface area contributed by atoms with Crippen LogP contribution >= 0.6 is 0 Å². The molecule has 0 aliphatic heterocycles. The van der Waals surface area contributed by atoms with Gasteiger partial charge in [-0.2, -0.15) is 0 Å². The molecule has 1 aromatic carbocycles. The summed E-state index contributed by atoms with van der Waals surface area (Å²) < 4.78 is 9.87. The SMILES string of the molecule is Cc1cc(C)cc(OC(=O)c2ccc([N+](=O)[O-])o2)c1. The van der Waals surface area contributed by atoms with Crippen LogP contribution in [0.4, 0.5) is 5.88 Å². The number of carbonyl (C=O) groups excluding carboxylic acids is 1. The van der Waals surface area contributed by atoms with Crippen molar-refractivity contribution in [1.82, 2.24) is 0 Å². The van der Waals surface area contributed by atoms with Gasteiger partial charge in [-0.1, -0.05) is 6.07 Å². The van der Waals surface area contributed by atoms with Gasteiger partial charge in [0.1, 0.15) is 10.7 Å². The monoisotopic (exact) mass is 261 g/mol. The van der Waals surface area contributed by atoms with Crippen molar-refractivity contribution in [2.24, 2.45) is 0 Å². The number of hydrogen-bond acceptors (Lipinski definition) is 5. The van der Waals surface area contributed by atoms with E-state index in [0.717, 1.165) is 17.2 Å². The molecule has 2 rings (SSSR count). The third-order valence-corrected chi connectivity index (χ3v) is 2.38. The zero-order valence-corrected chi connectivity index (χ0v) is 10.4. The van der Waals surface area contributed by atoms with Gasteiger partial charge in [-0.25, -0.2) is 4.79 Å². The quantitative estimate of drug-likeness (QED) is 0.367. The van der Waals surface area contributed by atoms with Crippen molar-refractivity contribution in [3.63, 3.8) is 0 Å². The first-order chi connectivity index (χ1) is 8.95. The average Bonchev–Trinajstić information content (AvgIpc) is 2.76. The Labute approximate surface area is 108 Å². The molecule has 0 atom stereocenters. The lowest BCUT2D eigenvalue weighted by molar-refractivity contribution is -0.402. The van der Waals surface area contributed by atoms with Crippen LogP contribution in [-0.4, -0.2) is 10.9 Å². The molecule has 0 aliphatic rings. The molecule has 98 valence electrons. The maximum atomic E-state index is 11.7. The van der Waals surface area contributed by atoms with Crippen molar-refractivity contribution in [3.05, 3.63) is 57.3 Å². The molecule has 6 heteroatoms. The van der Waals surface area contributed by atoms with Gasteiger partial charge < -0.3 is 9.15 Å². The van der Waals surface area contributed by atoms with Gasteiger partial charge >= 0.3 is 11.9 Å². The fourth-order valence-corrected chi connectivity index (χ4v) is 1.68. The Balaban J connectivity index is 2.18. The summed E-state index contributed by atoms with van der Waals surface area (Å²) in [4.78, 5) is 21.5. The molecule has 0 bridgehead atoms. The average molecular weight is 261 g/mol. The van der Waals surface area contributed by atoms with Gasteiger partial charge in [0.15, 0.2) is 0 Å². The molecule has 0 saturated carbocycles. The highest BCUT2D eigenvalue weighted by Gasteiger charge is 2.19. The van der Waals surface area contributed by atoms with Crippen molar-refractivity contribution >= 4 is 11.9 Å². The summed E-state index contributed by atoms with van der Waals surface area (Å²) in [6.07, 6.45) is 0. The van der Waals surface area contributed by atoms with E-state index in [2.05, 4.69) is 0 Å². The second kappa shape index (κ2) is 4.93. The molecule has 0 aliphatic carbocycles. The molecule has 2 aromatic rings. The van der Waals surface area contributed by atoms with Gasteiger partial charge in [-0.3, -0.25) is 10.1 Å². The predicted octanol–water partition coefficient (Wildman–Crippen LogP) is 3.02. The van der Waals surface area contributed by atoms with E-state index in [0.29, 0.717) is 5.75 Å². The predicted molar refractivity (Wildman–Crippen MR) is 66.2 cm³/mol. The maximum absolute atomic E-state index is 11.7. The molecular formula is C13H11NO5. The largest absolute Gasteiger partial charge is 0.433 e. The Kier molecular flexibility index (Phi) is 3.33. The third-order valence-electron chi connectivity index (χ3n) is 2.38. The van der Waals surface area contributed by atoms with Crippen molar-refractivity contribution < 1.29 is 18.9 Å². The molecule has 6 nitrogen and oxygen atoms in total. The lowest BCUT2D eigenvalue weighted by atomic mass is 10.1.